The van der Waals surface area contributed by atoms with E-state index in [1.807, 2.05) is 6.92 Å². The highest BCUT2D eigenvalue weighted by atomic mass is 32.2. The smallest absolute Gasteiger partial charge is 0.335 e. The lowest BCUT2D eigenvalue weighted by Gasteiger charge is -2.34. The molecule has 0 unspecified atom stereocenters. The molecule has 3 heterocycles. The van der Waals surface area contributed by atoms with Crippen LogP contribution in [0.25, 0.3) is 5.69 Å². The highest BCUT2D eigenvalue weighted by Gasteiger charge is 2.48. The number of amides is 1. The number of sulfonamides is 1. The van der Waals surface area contributed by atoms with Gasteiger partial charge in [0.1, 0.15) is 11.4 Å². The molecule has 1 amide bonds. The number of nitrogens with zero attached hydrogens (tertiary/aromatic N) is 4. The predicted molar refractivity (Wildman–Crippen MR) is 145 cm³/mol. The second-order valence-electron chi connectivity index (χ2n) is 11.2. The van der Waals surface area contributed by atoms with Gasteiger partial charge >= 0.3 is 5.69 Å². The Hall–Kier alpha value is -2.92. The first-order valence-electron chi connectivity index (χ1n) is 13.5. The Morgan fingerprint density at radius 2 is 1.82 bits per heavy atom. The summed E-state index contributed by atoms with van der Waals surface area (Å²) < 4.78 is 30.4. The van der Waals surface area contributed by atoms with Crippen LogP contribution in [0.2, 0.25) is 0 Å². The molecule has 2 aliphatic heterocycles. The Morgan fingerprint density at radius 3 is 2.42 bits per heavy atom. The number of hydrogen-bond donors (Lipinski definition) is 2. The monoisotopic (exact) mass is 543 g/mol. The van der Waals surface area contributed by atoms with E-state index in [-0.39, 0.29) is 36.3 Å². The predicted octanol–water partition coefficient (Wildman–Crippen LogP) is 2.25. The maximum absolute atomic E-state index is 13.2. The van der Waals surface area contributed by atoms with Crippen LogP contribution in [0.4, 0.5) is 0 Å². The fourth-order valence-electron chi connectivity index (χ4n) is 5.99. The average Bonchev–Trinajstić information content (AvgIpc) is 3.33. The lowest BCUT2D eigenvalue weighted by atomic mass is 9.82. The van der Waals surface area contributed by atoms with Crippen LogP contribution in [-0.4, -0.2) is 63.1 Å². The van der Waals surface area contributed by atoms with Crippen LogP contribution in [0.1, 0.15) is 56.6 Å². The third-order valence-electron chi connectivity index (χ3n) is 8.59. The van der Waals surface area contributed by atoms with E-state index >= 15 is 0 Å². The number of hydrogen-bond acceptors (Lipinski definition) is 6. The number of aryl methyl sites for hydroxylation is 3. The number of aromatic nitrogens is 2. The summed E-state index contributed by atoms with van der Waals surface area (Å²) in [5.41, 5.74) is 1.03. The molecule has 10 nitrogen and oxygen atoms in total. The second kappa shape index (κ2) is 10.00. The normalized spacial score (nSPS) is 24.0. The van der Waals surface area contributed by atoms with Crippen molar-refractivity contribution in [3.05, 3.63) is 46.0 Å². The van der Waals surface area contributed by atoms with E-state index in [2.05, 4.69) is 12.2 Å². The largest absolute Gasteiger partial charge is 0.493 e. The van der Waals surface area contributed by atoms with Gasteiger partial charge in [0.05, 0.1) is 17.6 Å². The third kappa shape index (κ3) is 4.93. The molecule has 0 radical (unpaired) electrons. The number of piperidine rings is 1. The first kappa shape index (κ1) is 26.7. The van der Waals surface area contributed by atoms with E-state index in [1.54, 1.807) is 25.2 Å². The summed E-state index contributed by atoms with van der Waals surface area (Å²) in [4.78, 5) is 30.1. The molecule has 1 aromatic heterocycles. The van der Waals surface area contributed by atoms with Gasteiger partial charge in [-0.1, -0.05) is 25.8 Å². The summed E-state index contributed by atoms with van der Waals surface area (Å²) in [6, 6.07) is 5.28. The Morgan fingerprint density at radius 1 is 1.13 bits per heavy atom. The van der Waals surface area contributed by atoms with Crippen LogP contribution in [0.3, 0.4) is 0 Å². The molecule has 1 aliphatic carbocycles. The van der Waals surface area contributed by atoms with Gasteiger partial charge in [-0.25, -0.2) is 22.1 Å². The van der Waals surface area contributed by atoms with Gasteiger partial charge in [-0.2, -0.15) is 0 Å². The molecule has 1 spiro atoms. The molecule has 2 N–H and O–H groups in total. The highest BCUT2D eigenvalue weighted by molar-refractivity contribution is 7.89. The molecule has 2 fully saturated rings. The standard InChI is InChI=1S/C27H37N5O5S/c1-18-4-6-21(7-5-18)24-28-25(34)27(29-24)11-13-31(14-12-27)38(36,37)15-10-20-8-9-22(16-19(20)2)32-23(33)17-30(3)26(32)35/h8-9,16-18,21,33H,4-7,10-15H2,1-3H3,(H,28,29,34). The SMILES string of the molecule is Cc1cc(-n2c(O)cn(C)c2=O)ccc1CCS(=O)(=O)N1CCC2(CC1)N=C(C1CCC(C)CC1)NC2=O. The first-order chi connectivity index (χ1) is 18.0. The number of rotatable bonds is 6. The number of carbonyl (C=O) groups excluding carboxylic acids is 1. The van der Waals surface area contributed by atoms with Crippen LogP contribution < -0.4 is 11.0 Å². The molecule has 1 saturated carbocycles. The fourth-order valence-corrected chi connectivity index (χ4v) is 7.47. The van der Waals surface area contributed by atoms with E-state index in [9.17, 15) is 23.1 Å². The van der Waals surface area contributed by atoms with Crippen LogP contribution in [0, 0.1) is 18.8 Å². The molecule has 3 aliphatic rings. The van der Waals surface area contributed by atoms with Crippen molar-refractivity contribution in [1.29, 1.82) is 0 Å². The average molecular weight is 544 g/mol. The summed E-state index contributed by atoms with van der Waals surface area (Å²) in [6.45, 7) is 4.69. The van der Waals surface area contributed by atoms with Crippen molar-refractivity contribution in [2.75, 3.05) is 18.8 Å². The molecule has 1 aromatic carbocycles. The zero-order valence-corrected chi connectivity index (χ0v) is 23.1. The van der Waals surface area contributed by atoms with Gasteiger partial charge in [0.15, 0.2) is 0 Å². The Bertz CT molecular complexity index is 1420. The number of nitrogens with one attached hydrogen (secondary N) is 1. The number of aliphatic imine (C=N–C) groups is 1. The van der Waals surface area contributed by atoms with Gasteiger partial charge in [0, 0.05) is 26.1 Å². The molecule has 0 atom stereocenters. The van der Waals surface area contributed by atoms with E-state index < -0.39 is 15.6 Å². The van der Waals surface area contributed by atoms with Crippen molar-refractivity contribution >= 4 is 21.8 Å². The van der Waals surface area contributed by atoms with Crippen molar-refractivity contribution in [2.24, 2.45) is 23.9 Å². The Labute approximate surface area is 223 Å². The third-order valence-corrected chi connectivity index (χ3v) is 10.5. The minimum Gasteiger partial charge on any atom is -0.493 e. The van der Waals surface area contributed by atoms with Crippen molar-refractivity contribution in [2.45, 2.75) is 64.3 Å². The molecular weight excluding hydrogens is 506 g/mol. The summed E-state index contributed by atoms with van der Waals surface area (Å²) in [6.07, 6.45) is 6.85. The zero-order valence-electron chi connectivity index (χ0n) is 22.3. The quantitative estimate of drug-likeness (QED) is 0.578. The number of aromatic hydroxyl groups is 1. The van der Waals surface area contributed by atoms with Crippen LogP contribution in [0.5, 0.6) is 5.88 Å². The number of carbonyl (C=O) groups is 1. The minimum atomic E-state index is -3.52. The Kier molecular flexibility index (Phi) is 7.02. The fraction of sp³-hybridized carbons (Fsp3) is 0.593. The second-order valence-corrected chi connectivity index (χ2v) is 13.3. The van der Waals surface area contributed by atoms with Crippen molar-refractivity contribution < 1.29 is 18.3 Å². The highest BCUT2D eigenvalue weighted by Crippen LogP contribution is 2.36. The van der Waals surface area contributed by atoms with Gasteiger partial charge in [0.25, 0.3) is 5.91 Å². The lowest BCUT2D eigenvalue weighted by Crippen LogP contribution is -2.51. The van der Waals surface area contributed by atoms with Gasteiger partial charge < -0.3 is 10.4 Å². The molecular formula is C27H37N5O5S. The zero-order chi connectivity index (χ0) is 27.2. The summed E-state index contributed by atoms with van der Waals surface area (Å²) in [5, 5.41) is 13.1. The minimum absolute atomic E-state index is 0.0440. The number of imidazole rings is 1. The van der Waals surface area contributed by atoms with E-state index in [4.69, 9.17) is 4.99 Å². The molecule has 1 saturated heterocycles. The summed E-state index contributed by atoms with van der Waals surface area (Å²) in [7, 11) is -1.96. The lowest BCUT2D eigenvalue weighted by molar-refractivity contribution is -0.125. The van der Waals surface area contributed by atoms with Gasteiger partial charge in [-0.05, 0) is 68.2 Å². The summed E-state index contributed by atoms with van der Waals surface area (Å²) in [5.74, 6) is 1.55. The maximum Gasteiger partial charge on any atom is 0.335 e. The summed E-state index contributed by atoms with van der Waals surface area (Å²) >= 11 is 0. The Balaban J connectivity index is 1.21. The molecule has 38 heavy (non-hydrogen) atoms. The maximum atomic E-state index is 13.2. The van der Waals surface area contributed by atoms with Crippen molar-refractivity contribution in [3.63, 3.8) is 0 Å². The van der Waals surface area contributed by atoms with E-state index in [0.29, 0.717) is 30.9 Å². The van der Waals surface area contributed by atoms with Crippen molar-refractivity contribution in [1.82, 2.24) is 18.8 Å². The number of amidine groups is 1. The number of benzene rings is 1. The van der Waals surface area contributed by atoms with Gasteiger partial charge in [0.2, 0.25) is 15.9 Å². The van der Waals surface area contributed by atoms with Crippen molar-refractivity contribution in [3.8, 4) is 11.6 Å². The topological polar surface area (TPSA) is 126 Å². The molecule has 206 valence electrons. The van der Waals surface area contributed by atoms with Crippen LogP contribution >= 0.6 is 0 Å². The first-order valence-corrected chi connectivity index (χ1v) is 15.1. The van der Waals surface area contributed by atoms with Gasteiger partial charge in [-0.3, -0.25) is 14.4 Å². The van der Waals surface area contributed by atoms with Crippen LogP contribution in [-0.2, 0) is 28.3 Å². The van der Waals surface area contributed by atoms with E-state index in [0.717, 1.165) is 48.6 Å². The van der Waals surface area contributed by atoms with E-state index in [1.165, 1.54) is 19.6 Å². The van der Waals surface area contributed by atoms with Gasteiger partial charge in [-0.15, -0.1) is 0 Å². The molecule has 0 bridgehead atoms. The van der Waals surface area contributed by atoms with Crippen LogP contribution in [0.15, 0.2) is 34.2 Å². The molecule has 2 aromatic rings. The molecule has 11 heteroatoms. The molecule has 5 rings (SSSR count).